The molecule has 2 amide bonds. The monoisotopic (exact) mass is 380 g/mol. The molecule has 0 spiro atoms. The molecule has 1 aromatic rings. The van der Waals surface area contributed by atoms with Gasteiger partial charge >= 0.3 is 6.18 Å². The molecule has 1 atom stereocenters. The Balaban J connectivity index is 1.90. The normalized spacial score (nSPS) is 16.4. The van der Waals surface area contributed by atoms with Gasteiger partial charge in [-0.25, -0.2) is 0 Å². The zero-order chi connectivity index (χ0) is 18.8. The number of likely N-dealkylation sites (tertiary alicyclic amines) is 1. The standard InChI is InChI=1S/C15H20ClF3N4O2/c1-9-12(16)13(15(17,18)19)21-23(9)10(2)14(25)20-6-4-8-22-7-3-5-11(22)24/h10H,3-8H2,1-2H3,(H,20,25). The summed E-state index contributed by atoms with van der Waals surface area (Å²) in [7, 11) is 0. The molecule has 0 aliphatic carbocycles. The molecule has 1 saturated heterocycles. The number of hydrogen-bond donors (Lipinski definition) is 1. The maximum atomic E-state index is 12.8. The van der Waals surface area contributed by atoms with Gasteiger partial charge in [0.25, 0.3) is 0 Å². The second kappa shape index (κ2) is 7.63. The van der Waals surface area contributed by atoms with Gasteiger partial charge in [-0.05, 0) is 26.7 Å². The number of nitrogens with zero attached hydrogens (tertiary/aromatic N) is 3. The fourth-order valence-electron chi connectivity index (χ4n) is 2.74. The van der Waals surface area contributed by atoms with E-state index in [9.17, 15) is 22.8 Å². The van der Waals surface area contributed by atoms with Crippen molar-refractivity contribution in [2.45, 2.75) is 45.3 Å². The van der Waals surface area contributed by atoms with E-state index < -0.39 is 28.8 Å². The largest absolute Gasteiger partial charge is 0.436 e. The van der Waals surface area contributed by atoms with Gasteiger partial charge in [0.15, 0.2) is 5.69 Å². The van der Waals surface area contributed by atoms with E-state index in [4.69, 9.17) is 11.6 Å². The van der Waals surface area contributed by atoms with Gasteiger partial charge in [-0.2, -0.15) is 18.3 Å². The van der Waals surface area contributed by atoms with Gasteiger partial charge in [-0.15, -0.1) is 0 Å². The van der Waals surface area contributed by atoms with Crippen molar-refractivity contribution in [3.63, 3.8) is 0 Å². The highest BCUT2D eigenvalue weighted by Gasteiger charge is 2.39. The molecular weight excluding hydrogens is 361 g/mol. The predicted molar refractivity (Wildman–Crippen MR) is 85.1 cm³/mol. The van der Waals surface area contributed by atoms with Crippen molar-refractivity contribution in [1.82, 2.24) is 20.0 Å². The zero-order valence-electron chi connectivity index (χ0n) is 14.0. The minimum Gasteiger partial charge on any atom is -0.354 e. The van der Waals surface area contributed by atoms with E-state index >= 15 is 0 Å². The van der Waals surface area contributed by atoms with Crippen LogP contribution in [0.5, 0.6) is 0 Å². The molecule has 1 unspecified atom stereocenters. The minimum atomic E-state index is -4.68. The molecule has 6 nitrogen and oxygen atoms in total. The molecule has 140 valence electrons. The highest BCUT2D eigenvalue weighted by Crippen LogP contribution is 2.36. The first kappa shape index (κ1) is 19.6. The number of hydrogen-bond acceptors (Lipinski definition) is 3. The Morgan fingerprint density at radius 3 is 2.64 bits per heavy atom. The van der Waals surface area contributed by atoms with Gasteiger partial charge in [0.05, 0.1) is 10.7 Å². The fraction of sp³-hybridized carbons (Fsp3) is 0.667. The van der Waals surface area contributed by atoms with Crippen LogP contribution in [0.3, 0.4) is 0 Å². The summed E-state index contributed by atoms with van der Waals surface area (Å²) in [6.45, 7) is 4.45. The van der Waals surface area contributed by atoms with Crippen LogP contribution in [0.2, 0.25) is 5.02 Å². The summed E-state index contributed by atoms with van der Waals surface area (Å²) in [6, 6.07) is -0.929. The van der Waals surface area contributed by atoms with Crippen molar-refractivity contribution in [2.24, 2.45) is 0 Å². The second-order valence-corrected chi connectivity index (χ2v) is 6.37. The smallest absolute Gasteiger partial charge is 0.354 e. The molecule has 25 heavy (non-hydrogen) atoms. The number of carbonyl (C=O) groups excluding carboxylic acids is 2. The molecule has 1 fully saturated rings. The maximum absolute atomic E-state index is 12.8. The SMILES string of the molecule is Cc1c(Cl)c(C(F)(F)F)nn1C(C)C(=O)NCCCN1CCCC1=O. The Morgan fingerprint density at radius 1 is 1.44 bits per heavy atom. The van der Waals surface area contributed by atoms with Gasteiger partial charge in [0.2, 0.25) is 11.8 Å². The number of rotatable bonds is 6. The lowest BCUT2D eigenvalue weighted by molar-refractivity contribution is -0.142. The Labute approximate surface area is 148 Å². The van der Waals surface area contributed by atoms with Crippen LogP contribution in [0.4, 0.5) is 13.2 Å². The summed E-state index contributed by atoms with van der Waals surface area (Å²) < 4.78 is 39.5. The van der Waals surface area contributed by atoms with Crippen LogP contribution in [0.1, 0.15) is 43.6 Å². The lowest BCUT2D eigenvalue weighted by Gasteiger charge is -2.17. The van der Waals surface area contributed by atoms with Crippen molar-refractivity contribution in [3.8, 4) is 0 Å². The van der Waals surface area contributed by atoms with Crippen LogP contribution >= 0.6 is 11.6 Å². The molecule has 10 heteroatoms. The number of nitrogens with one attached hydrogen (secondary N) is 1. The van der Waals surface area contributed by atoms with E-state index in [2.05, 4.69) is 10.4 Å². The highest BCUT2D eigenvalue weighted by atomic mass is 35.5. The molecule has 0 aromatic carbocycles. The number of amides is 2. The number of halogens is 4. The van der Waals surface area contributed by atoms with Gasteiger partial charge in [-0.1, -0.05) is 11.6 Å². The van der Waals surface area contributed by atoms with E-state index in [0.717, 1.165) is 17.6 Å². The molecule has 2 rings (SSSR count). The quantitative estimate of drug-likeness (QED) is 0.771. The first-order chi connectivity index (χ1) is 11.6. The minimum absolute atomic E-state index is 0.0827. The van der Waals surface area contributed by atoms with Crippen molar-refractivity contribution in [1.29, 1.82) is 0 Å². The number of carbonyl (C=O) groups is 2. The van der Waals surface area contributed by atoms with Crippen LogP contribution < -0.4 is 5.32 Å². The first-order valence-corrected chi connectivity index (χ1v) is 8.38. The van der Waals surface area contributed by atoms with Crippen molar-refractivity contribution < 1.29 is 22.8 Å². The summed E-state index contributed by atoms with van der Waals surface area (Å²) >= 11 is 5.69. The summed E-state index contributed by atoms with van der Waals surface area (Å²) in [6.07, 6.45) is -2.68. The molecule has 2 heterocycles. The van der Waals surface area contributed by atoms with Crippen LogP contribution in [0.25, 0.3) is 0 Å². The third-order valence-corrected chi connectivity index (χ3v) is 4.62. The molecule has 1 aliphatic heterocycles. The summed E-state index contributed by atoms with van der Waals surface area (Å²) in [5, 5.41) is 5.60. The van der Waals surface area contributed by atoms with Gasteiger partial charge in [0, 0.05) is 26.1 Å². The average Bonchev–Trinajstić information content (AvgIpc) is 3.07. The van der Waals surface area contributed by atoms with Crippen LogP contribution in [0, 0.1) is 6.92 Å². The van der Waals surface area contributed by atoms with E-state index in [-0.39, 0.29) is 11.6 Å². The number of alkyl halides is 3. The fourth-order valence-corrected chi connectivity index (χ4v) is 2.97. The molecule has 0 bridgehead atoms. The Hall–Kier alpha value is -1.77. The average molecular weight is 381 g/mol. The highest BCUT2D eigenvalue weighted by molar-refractivity contribution is 6.32. The predicted octanol–water partition coefficient (Wildman–Crippen LogP) is 2.55. The summed E-state index contributed by atoms with van der Waals surface area (Å²) in [5.41, 5.74) is -1.11. The second-order valence-electron chi connectivity index (χ2n) is 6.00. The van der Waals surface area contributed by atoms with Crippen molar-refractivity contribution in [2.75, 3.05) is 19.6 Å². The Morgan fingerprint density at radius 2 is 2.12 bits per heavy atom. The molecule has 0 radical (unpaired) electrons. The van der Waals surface area contributed by atoms with Crippen molar-refractivity contribution in [3.05, 3.63) is 16.4 Å². The van der Waals surface area contributed by atoms with Crippen molar-refractivity contribution >= 4 is 23.4 Å². The van der Waals surface area contributed by atoms with E-state index in [1.807, 2.05) is 0 Å². The van der Waals surface area contributed by atoms with E-state index in [1.54, 1.807) is 4.90 Å². The third-order valence-electron chi connectivity index (χ3n) is 4.17. The number of aromatic nitrogens is 2. The van der Waals surface area contributed by atoms with Crippen LogP contribution in [0.15, 0.2) is 0 Å². The lowest BCUT2D eigenvalue weighted by Crippen LogP contribution is -2.34. The maximum Gasteiger partial charge on any atom is 0.436 e. The molecule has 1 aliphatic rings. The van der Waals surface area contributed by atoms with Gasteiger partial charge < -0.3 is 10.2 Å². The van der Waals surface area contributed by atoms with E-state index in [0.29, 0.717) is 25.9 Å². The topological polar surface area (TPSA) is 67.2 Å². The van der Waals surface area contributed by atoms with Crippen LogP contribution in [-0.2, 0) is 15.8 Å². The molecule has 0 saturated carbocycles. The Bertz CT molecular complexity index is 660. The lowest BCUT2D eigenvalue weighted by atomic mass is 10.3. The summed E-state index contributed by atoms with van der Waals surface area (Å²) in [5.74, 6) is -0.343. The van der Waals surface area contributed by atoms with E-state index in [1.165, 1.54) is 13.8 Å². The van der Waals surface area contributed by atoms with Gasteiger partial charge in [-0.3, -0.25) is 14.3 Å². The Kier molecular flexibility index (Phi) is 5.97. The summed E-state index contributed by atoms with van der Waals surface area (Å²) in [4.78, 5) is 25.4. The van der Waals surface area contributed by atoms with Gasteiger partial charge in [0.1, 0.15) is 6.04 Å². The molecular formula is C15H20ClF3N4O2. The van der Waals surface area contributed by atoms with Crippen LogP contribution in [-0.4, -0.2) is 46.1 Å². The molecule has 1 aromatic heterocycles. The zero-order valence-corrected chi connectivity index (χ0v) is 14.7. The first-order valence-electron chi connectivity index (χ1n) is 8.00. The molecule has 1 N–H and O–H groups in total. The third kappa shape index (κ3) is 4.45.